The molecule has 0 heterocycles. The zero-order chi connectivity index (χ0) is 12.6. The van der Waals surface area contributed by atoms with E-state index in [1.165, 1.54) is 5.57 Å². The Kier molecular flexibility index (Phi) is 6.78. The third-order valence-corrected chi connectivity index (χ3v) is 2.90. The molecule has 1 unspecified atom stereocenters. The summed E-state index contributed by atoms with van der Waals surface area (Å²) >= 11 is 0. The van der Waals surface area contributed by atoms with E-state index in [0.29, 0.717) is 0 Å². The van der Waals surface area contributed by atoms with Crippen molar-refractivity contribution in [3.63, 3.8) is 0 Å². The molecule has 0 rings (SSSR count). The lowest BCUT2D eigenvalue weighted by atomic mass is 9.82. The molecule has 0 aliphatic carbocycles. The van der Waals surface area contributed by atoms with Gasteiger partial charge in [-0.15, -0.1) is 6.58 Å². The third kappa shape index (κ3) is 6.44. The molecule has 2 heteroatoms. The molecule has 0 saturated carbocycles. The summed E-state index contributed by atoms with van der Waals surface area (Å²) in [5, 5.41) is 8.81. The number of hydrogen-bond acceptors (Lipinski definition) is 1. The molecule has 0 aromatic rings. The van der Waals surface area contributed by atoms with Gasteiger partial charge in [0, 0.05) is 0 Å². The normalized spacial score (nSPS) is 15.6. The maximum absolute atomic E-state index is 10.7. The van der Waals surface area contributed by atoms with Crippen molar-refractivity contribution in [1.82, 2.24) is 0 Å². The zero-order valence-electron chi connectivity index (χ0n) is 10.8. The topological polar surface area (TPSA) is 37.3 Å². The second kappa shape index (κ2) is 7.26. The van der Waals surface area contributed by atoms with Crippen molar-refractivity contribution in [2.24, 2.45) is 5.41 Å². The van der Waals surface area contributed by atoms with Crippen LogP contribution < -0.4 is 0 Å². The number of carboxylic acid groups (broad SMARTS) is 1. The van der Waals surface area contributed by atoms with Crippen LogP contribution in [0.5, 0.6) is 0 Å². The van der Waals surface area contributed by atoms with Crippen LogP contribution in [0.2, 0.25) is 0 Å². The van der Waals surface area contributed by atoms with Gasteiger partial charge in [0.25, 0.3) is 0 Å². The lowest BCUT2D eigenvalue weighted by molar-refractivity contribution is -0.138. The van der Waals surface area contributed by atoms with E-state index >= 15 is 0 Å². The first-order chi connectivity index (χ1) is 7.43. The van der Waals surface area contributed by atoms with Crippen LogP contribution in [0.15, 0.2) is 24.3 Å². The molecule has 0 radical (unpaired) electrons. The Labute approximate surface area is 99.1 Å². The zero-order valence-corrected chi connectivity index (χ0v) is 10.8. The highest BCUT2D eigenvalue weighted by Gasteiger charge is 2.22. The SMILES string of the molecule is C=CC(C)(CCC=C(C)CCC)CC(=O)O. The quantitative estimate of drug-likeness (QED) is 0.628. The van der Waals surface area contributed by atoms with Crippen LogP contribution in [0.4, 0.5) is 0 Å². The molecule has 0 saturated heterocycles. The molecule has 1 N–H and O–H groups in total. The van der Waals surface area contributed by atoms with E-state index < -0.39 is 5.97 Å². The van der Waals surface area contributed by atoms with E-state index in [2.05, 4.69) is 26.5 Å². The highest BCUT2D eigenvalue weighted by molar-refractivity contribution is 5.68. The highest BCUT2D eigenvalue weighted by Crippen LogP contribution is 2.29. The average molecular weight is 224 g/mol. The van der Waals surface area contributed by atoms with E-state index in [1.54, 1.807) is 6.08 Å². The van der Waals surface area contributed by atoms with Gasteiger partial charge >= 0.3 is 5.97 Å². The van der Waals surface area contributed by atoms with Crippen molar-refractivity contribution in [3.05, 3.63) is 24.3 Å². The fourth-order valence-corrected chi connectivity index (χ4v) is 1.75. The Bertz CT molecular complexity index is 266. The molecule has 0 aromatic heterocycles. The Morgan fingerprint density at radius 3 is 2.56 bits per heavy atom. The van der Waals surface area contributed by atoms with Gasteiger partial charge in [0.15, 0.2) is 0 Å². The van der Waals surface area contributed by atoms with Crippen LogP contribution >= 0.6 is 0 Å². The van der Waals surface area contributed by atoms with E-state index in [1.807, 2.05) is 6.92 Å². The number of hydrogen-bond donors (Lipinski definition) is 1. The van der Waals surface area contributed by atoms with Crippen molar-refractivity contribution in [2.75, 3.05) is 0 Å². The molecule has 0 aromatic carbocycles. The molecule has 0 spiro atoms. The summed E-state index contributed by atoms with van der Waals surface area (Å²) < 4.78 is 0. The average Bonchev–Trinajstić information content (AvgIpc) is 2.17. The smallest absolute Gasteiger partial charge is 0.304 e. The lowest BCUT2D eigenvalue weighted by Crippen LogP contribution is -2.17. The van der Waals surface area contributed by atoms with Gasteiger partial charge in [0.1, 0.15) is 0 Å². The standard InChI is InChI=1S/C14H24O2/c1-5-8-12(3)9-7-10-14(4,6-2)11-13(15)16/h6,9H,2,5,7-8,10-11H2,1,3-4H3,(H,15,16). The number of rotatable bonds is 8. The Morgan fingerprint density at radius 2 is 2.12 bits per heavy atom. The molecular formula is C14H24O2. The molecule has 92 valence electrons. The van der Waals surface area contributed by atoms with Crippen molar-refractivity contribution >= 4 is 5.97 Å². The van der Waals surface area contributed by atoms with Crippen LogP contribution in [-0.2, 0) is 4.79 Å². The van der Waals surface area contributed by atoms with Crippen molar-refractivity contribution in [2.45, 2.75) is 52.9 Å². The Balaban J connectivity index is 4.19. The maximum atomic E-state index is 10.7. The summed E-state index contributed by atoms with van der Waals surface area (Å²) in [6.07, 6.45) is 8.22. The molecule has 0 aliphatic rings. The summed E-state index contributed by atoms with van der Waals surface area (Å²) in [5.74, 6) is -0.753. The van der Waals surface area contributed by atoms with Gasteiger partial charge in [-0.1, -0.05) is 38.0 Å². The minimum Gasteiger partial charge on any atom is -0.481 e. The molecule has 0 aliphatic heterocycles. The summed E-state index contributed by atoms with van der Waals surface area (Å²) in [6.45, 7) is 9.98. The van der Waals surface area contributed by atoms with Gasteiger partial charge in [-0.05, 0) is 31.6 Å². The van der Waals surface area contributed by atoms with Crippen LogP contribution in [0, 0.1) is 5.41 Å². The maximum Gasteiger partial charge on any atom is 0.304 e. The molecule has 0 fully saturated rings. The molecule has 0 bridgehead atoms. The second-order valence-electron chi connectivity index (χ2n) is 4.77. The van der Waals surface area contributed by atoms with Crippen LogP contribution in [0.1, 0.15) is 52.9 Å². The van der Waals surface area contributed by atoms with Gasteiger partial charge in [0.05, 0.1) is 6.42 Å². The summed E-state index contributed by atoms with van der Waals surface area (Å²) in [5.41, 5.74) is 1.11. The Morgan fingerprint density at radius 1 is 1.50 bits per heavy atom. The van der Waals surface area contributed by atoms with E-state index in [-0.39, 0.29) is 11.8 Å². The molecule has 2 nitrogen and oxygen atoms in total. The minimum atomic E-state index is -0.753. The summed E-state index contributed by atoms with van der Waals surface area (Å²) in [6, 6.07) is 0. The van der Waals surface area contributed by atoms with Gasteiger partial charge in [-0.25, -0.2) is 0 Å². The Hall–Kier alpha value is -1.05. The van der Waals surface area contributed by atoms with Crippen molar-refractivity contribution < 1.29 is 9.90 Å². The number of carboxylic acids is 1. The lowest BCUT2D eigenvalue weighted by Gasteiger charge is -2.22. The van der Waals surface area contributed by atoms with Crippen LogP contribution in [-0.4, -0.2) is 11.1 Å². The molecule has 16 heavy (non-hydrogen) atoms. The van der Waals surface area contributed by atoms with Crippen molar-refractivity contribution in [3.8, 4) is 0 Å². The number of carbonyl (C=O) groups is 1. The van der Waals surface area contributed by atoms with Gasteiger partial charge in [0.2, 0.25) is 0 Å². The fourth-order valence-electron chi connectivity index (χ4n) is 1.75. The van der Waals surface area contributed by atoms with Gasteiger partial charge < -0.3 is 5.11 Å². The van der Waals surface area contributed by atoms with E-state index in [9.17, 15) is 4.79 Å². The first-order valence-electron chi connectivity index (χ1n) is 5.94. The molecule has 0 amide bonds. The van der Waals surface area contributed by atoms with E-state index in [4.69, 9.17) is 5.11 Å². The molecular weight excluding hydrogens is 200 g/mol. The molecule has 1 atom stereocenters. The third-order valence-electron chi connectivity index (χ3n) is 2.90. The summed E-state index contributed by atoms with van der Waals surface area (Å²) in [4.78, 5) is 10.7. The number of aliphatic carboxylic acids is 1. The van der Waals surface area contributed by atoms with Gasteiger partial charge in [-0.3, -0.25) is 4.79 Å². The van der Waals surface area contributed by atoms with E-state index in [0.717, 1.165) is 25.7 Å². The minimum absolute atomic E-state index is 0.164. The summed E-state index contributed by atoms with van der Waals surface area (Å²) in [7, 11) is 0. The first-order valence-corrected chi connectivity index (χ1v) is 5.94. The van der Waals surface area contributed by atoms with Crippen LogP contribution in [0.25, 0.3) is 0 Å². The second-order valence-corrected chi connectivity index (χ2v) is 4.77. The number of allylic oxidation sites excluding steroid dienone is 3. The monoisotopic (exact) mass is 224 g/mol. The van der Waals surface area contributed by atoms with Crippen LogP contribution in [0.3, 0.4) is 0 Å². The highest BCUT2D eigenvalue weighted by atomic mass is 16.4. The first kappa shape index (κ1) is 14.9. The van der Waals surface area contributed by atoms with Gasteiger partial charge in [-0.2, -0.15) is 0 Å². The van der Waals surface area contributed by atoms with Crippen molar-refractivity contribution in [1.29, 1.82) is 0 Å². The fraction of sp³-hybridized carbons (Fsp3) is 0.643. The predicted octanol–water partition coefficient (Wildman–Crippen LogP) is 4.18. The largest absolute Gasteiger partial charge is 0.481 e. The predicted molar refractivity (Wildman–Crippen MR) is 68.5 cm³/mol.